The van der Waals surface area contributed by atoms with Gasteiger partial charge >= 0.3 is 0 Å². The van der Waals surface area contributed by atoms with Crippen molar-refractivity contribution in [2.75, 3.05) is 5.32 Å². The van der Waals surface area contributed by atoms with Crippen molar-refractivity contribution in [3.8, 4) is 0 Å². The van der Waals surface area contributed by atoms with Crippen molar-refractivity contribution in [2.45, 2.75) is 33.7 Å². The molecular weight excluding hydrogens is 262 g/mol. The minimum absolute atomic E-state index is 0.0981. The molecule has 0 aromatic carbocycles. The summed E-state index contributed by atoms with van der Waals surface area (Å²) in [5, 5.41) is 2.72. The molecule has 2 heterocycles. The normalized spacial score (nSPS) is 11.2. The van der Waals surface area contributed by atoms with Gasteiger partial charge in [-0.2, -0.15) is 0 Å². The first-order valence-electron chi connectivity index (χ1n) is 6.29. The van der Waals surface area contributed by atoms with E-state index in [2.05, 4.69) is 27.2 Å². The third kappa shape index (κ3) is 2.81. The third-order valence-electron chi connectivity index (χ3n) is 2.72. The molecule has 2 rings (SSSR count). The number of hydrogen-bond donors (Lipinski definition) is 2. The smallest absolute Gasteiger partial charge is 0.229 e. The van der Waals surface area contributed by atoms with Gasteiger partial charge in [-0.25, -0.2) is 9.97 Å². The molecule has 19 heavy (non-hydrogen) atoms. The second kappa shape index (κ2) is 5.48. The Morgan fingerprint density at radius 3 is 2.95 bits per heavy atom. The molecule has 2 aromatic heterocycles. The van der Waals surface area contributed by atoms with E-state index in [4.69, 9.17) is 12.2 Å². The van der Waals surface area contributed by atoms with Gasteiger partial charge in [0, 0.05) is 12.5 Å². The monoisotopic (exact) mass is 279 g/mol. The zero-order valence-electron chi connectivity index (χ0n) is 11.2. The van der Waals surface area contributed by atoms with Crippen LogP contribution in [0.5, 0.6) is 0 Å². The van der Waals surface area contributed by atoms with Gasteiger partial charge in [-0.15, -0.1) is 0 Å². The zero-order chi connectivity index (χ0) is 14.0. The maximum Gasteiger partial charge on any atom is 0.229 e. The molecule has 2 aromatic rings. The molecule has 7 heteroatoms. The molecule has 0 aliphatic carbocycles. The van der Waals surface area contributed by atoms with E-state index in [0.29, 0.717) is 16.1 Å². The molecule has 1 amide bonds. The summed E-state index contributed by atoms with van der Waals surface area (Å²) < 4.78 is 2.36. The molecule has 0 saturated heterocycles. The van der Waals surface area contributed by atoms with Gasteiger partial charge in [0.2, 0.25) is 11.9 Å². The van der Waals surface area contributed by atoms with Gasteiger partial charge in [0.05, 0.1) is 6.33 Å². The molecule has 0 aliphatic rings. The highest BCUT2D eigenvalue weighted by Crippen LogP contribution is 2.14. The van der Waals surface area contributed by atoms with Gasteiger partial charge in [-0.05, 0) is 6.42 Å². The maximum absolute atomic E-state index is 11.7. The van der Waals surface area contributed by atoms with Crippen LogP contribution in [0.4, 0.5) is 5.95 Å². The van der Waals surface area contributed by atoms with E-state index < -0.39 is 0 Å². The Hall–Kier alpha value is -1.76. The average Bonchev–Trinajstić information content (AvgIpc) is 2.73. The lowest BCUT2D eigenvalue weighted by atomic mass is 10.2. The van der Waals surface area contributed by atoms with Crippen LogP contribution in [0.2, 0.25) is 0 Å². The number of fused-ring (bicyclic) bond motifs is 1. The lowest BCUT2D eigenvalue weighted by Crippen LogP contribution is -2.19. The van der Waals surface area contributed by atoms with Crippen LogP contribution >= 0.6 is 12.2 Å². The molecule has 0 bridgehead atoms. The third-order valence-corrected chi connectivity index (χ3v) is 3.01. The van der Waals surface area contributed by atoms with Crippen LogP contribution in [0.25, 0.3) is 11.2 Å². The van der Waals surface area contributed by atoms with E-state index in [1.165, 1.54) is 0 Å². The summed E-state index contributed by atoms with van der Waals surface area (Å²) in [5.41, 5.74) is 1.45. The molecule has 0 aliphatic heterocycles. The Kier molecular flexibility index (Phi) is 3.94. The Labute approximate surface area is 116 Å². The van der Waals surface area contributed by atoms with Crippen molar-refractivity contribution >= 4 is 35.2 Å². The number of aromatic nitrogens is 4. The number of amides is 1. The number of carbonyl (C=O) groups is 1. The molecule has 0 fully saturated rings. The Balaban J connectivity index is 2.44. The number of nitrogens with one attached hydrogen (secondary N) is 2. The Morgan fingerprint density at radius 1 is 1.58 bits per heavy atom. The number of nitrogens with zero attached hydrogens (tertiary/aromatic N) is 3. The molecule has 0 unspecified atom stereocenters. The van der Waals surface area contributed by atoms with Crippen LogP contribution in [-0.2, 0) is 11.3 Å². The van der Waals surface area contributed by atoms with E-state index in [1.54, 1.807) is 6.33 Å². The number of aromatic amines is 1. The van der Waals surface area contributed by atoms with Gasteiger partial charge in [0.15, 0.2) is 4.64 Å². The predicted molar refractivity (Wildman–Crippen MR) is 76.5 cm³/mol. The van der Waals surface area contributed by atoms with Crippen molar-refractivity contribution < 1.29 is 4.79 Å². The first-order chi connectivity index (χ1) is 9.02. The molecule has 0 atom stereocenters. The van der Waals surface area contributed by atoms with Gasteiger partial charge in [0.25, 0.3) is 0 Å². The van der Waals surface area contributed by atoms with Crippen molar-refractivity contribution in [3.63, 3.8) is 0 Å². The van der Waals surface area contributed by atoms with Crippen LogP contribution in [0.1, 0.15) is 27.2 Å². The van der Waals surface area contributed by atoms with Crippen molar-refractivity contribution in [2.24, 2.45) is 5.92 Å². The number of aryl methyl sites for hydroxylation is 1. The molecule has 0 saturated carbocycles. The summed E-state index contributed by atoms with van der Waals surface area (Å²) in [7, 11) is 0. The lowest BCUT2D eigenvalue weighted by Gasteiger charge is -2.08. The molecule has 0 spiro atoms. The summed E-state index contributed by atoms with van der Waals surface area (Å²) in [4.78, 5) is 23.2. The fraction of sp³-hybridized carbons (Fsp3) is 0.500. The van der Waals surface area contributed by atoms with E-state index >= 15 is 0 Å². The average molecular weight is 279 g/mol. The van der Waals surface area contributed by atoms with Crippen molar-refractivity contribution in [3.05, 3.63) is 11.0 Å². The quantitative estimate of drug-likeness (QED) is 0.843. The Bertz CT molecular complexity index is 658. The van der Waals surface area contributed by atoms with Crippen LogP contribution in [0.15, 0.2) is 6.33 Å². The van der Waals surface area contributed by atoms with Crippen LogP contribution in [0, 0.1) is 10.6 Å². The number of rotatable bonds is 4. The SMILES string of the molecule is CCCn1cnc2c(=S)nc(NC(=O)C(C)C)[nH]c21. The topological polar surface area (TPSA) is 75.6 Å². The second-order valence-electron chi connectivity index (χ2n) is 4.67. The molecule has 0 radical (unpaired) electrons. The standard InChI is InChI=1S/C12H17N5OS/c1-4-5-17-6-13-8-9(17)14-12(16-11(8)19)15-10(18)7(2)3/h6-7H,4-5H2,1-3H3,(H2,14,15,16,18,19). The zero-order valence-corrected chi connectivity index (χ0v) is 12.0. The summed E-state index contributed by atoms with van der Waals surface area (Å²) in [6.45, 7) is 6.57. The minimum atomic E-state index is -0.111. The number of hydrogen-bond acceptors (Lipinski definition) is 4. The Morgan fingerprint density at radius 2 is 2.32 bits per heavy atom. The number of H-pyrrole nitrogens is 1. The predicted octanol–water partition coefficient (Wildman–Crippen LogP) is 2.49. The van der Waals surface area contributed by atoms with Crippen molar-refractivity contribution in [1.29, 1.82) is 0 Å². The van der Waals surface area contributed by atoms with Gasteiger partial charge < -0.3 is 9.55 Å². The fourth-order valence-electron chi connectivity index (χ4n) is 1.70. The highest BCUT2D eigenvalue weighted by Gasteiger charge is 2.11. The molecule has 6 nitrogen and oxygen atoms in total. The summed E-state index contributed by atoms with van der Waals surface area (Å²) in [6, 6.07) is 0. The van der Waals surface area contributed by atoms with E-state index in [9.17, 15) is 4.79 Å². The highest BCUT2D eigenvalue weighted by molar-refractivity contribution is 7.71. The van der Waals surface area contributed by atoms with E-state index in [1.807, 2.05) is 18.4 Å². The minimum Gasteiger partial charge on any atom is -0.317 e. The van der Waals surface area contributed by atoms with E-state index in [-0.39, 0.29) is 11.8 Å². The van der Waals surface area contributed by atoms with Crippen LogP contribution < -0.4 is 5.32 Å². The number of carbonyl (C=O) groups excluding carboxylic acids is 1. The number of anilines is 1. The van der Waals surface area contributed by atoms with Crippen LogP contribution in [0.3, 0.4) is 0 Å². The van der Waals surface area contributed by atoms with Crippen LogP contribution in [-0.4, -0.2) is 25.4 Å². The first kappa shape index (κ1) is 13.7. The fourth-order valence-corrected chi connectivity index (χ4v) is 1.94. The van der Waals surface area contributed by atoms with Gasteiger partial charge in [0.1, 0.15) is 11.2 Å². The second-order valence-corrected chi connectivity index (χ2v) is 5.06. The summed E-state index contributed by atoms with van der Waals surface area (Å²) >= 11 is 5.20. The maximum atomic E-state index is 11.7. The highest BCUT2D eigenvalue weighted by atomic mass is 32.1. The lowest BCUT2D eigenvalue weighted by molar-refractivity contribution is -0.118. The molecule has 2 N–H and O–H groups in total. The van der Waals surface area contributed by atoms with Crippen molar-refractivity contribution in [1.82, 2.24) is 19.5 Å². The summed E-state index contributed by atoms with van der Waals surface area (Å²) in [6.07, 6.45) is 2.72. The largest absolute Gasteiger partial charge is 0.317 e. The van der Waals surface area contributed by atoms with Gasteiger partial charge in [-0.3, -0.25) is 10.1 Å². The van der Waals surface area contributed by atoms with E-state index in [0.717, 1.165) is 18.6 Å². The molecular formula is C12H17N5OS. The first-order valence-corrected chi connectivity index (χ1v) is 6.69. The number of imidazole rings is 1. The summed E-state index contributed by atoms with van der Waals surface area (Å²) in [5.74, 6) is 0.160. The van der Waals surface area contributed by atoms with Gasteiger partial charge in [-0.1, -0.05) is 33.0 Å². The molecule has 102 valence electrons.